The molecule has 0 saturated heterocycles. The second-order valence-electron chi connectivity index (χ2n) is 8.49. The average molecular weight is 372 g/mol. The fourth-order valence-electron chi connectivity index (χ4n) is 3.72. The van der Waals surface area contributed by atoms with Crippen molar-refractivity contribution in [1.82, 2.24) is 4.90 Å². The number of hydrogen-bond donors (Lipinski definition) is 2. The van der Waals surface area contributed by atoms with Crippen molar-refractivity contribution >= 4 is 0 Å². The van der Waals surface area contributed by atoms with Gasteiger partial charge >= 0.3 is 0 Å². The number of aliphatic hydroxyl groups excluding tert-OH is 2. The van der Waals surface area contributed by atoms with Crippen molar-refractivity contribution in [2.24, 2.45) is 0 Å². The highest BCUT2D eigenvalue weighted by molar-refractivity contribution is 4.86. The molecule has 3 nitrogen and oxygen atoms in total. The van der Waals surface area contributed by atoms with Crippen LogP contribution in [0.2, 0.25) is 0 Å². The van der Waals surface area contributed by atoms with Crippen LogP contribution in [0.15, 0.2) is 0 Å². The third-order valence-electron chi connectivity index (χ3n) is 6.03. The van der Waals surface area contributed by atoms with Gasteiger partial charge in [-0.25, -0.2) is 0 Å². The largest absolute Gasteiger partial charge is 0.394 e. The number of nitrogens with zero attached hydrogens (tertiary/aromatic N) is 1. The van der Waals surface area contributed by atoms with Gasteiger partial charge in [-0.2, -0.15) is 0 Å². The Morgan fingerprint density at radius 1 is 0.538 bits per heavy atom. The number of hydrogen-bond acceptors (Lipinski definition) is 3. The first kappa shape index (κ1) is 25.9. The van der Waals surface area contributed by atoms with Crippen LogP contribution in [-0.2, 0) is 0 Å². The Morgan fingerprint density at radius 2 is 0.846 bits per heavy atom. The molecule has 26 heavy (non-hydrogen) atoms. The Balaban J connectivity index is 3.31. The van der Waals surface area contributed by atoms with Crippen molar-refractivity contribution in [2.45, 2.75) is 122 Å². The number of unbranched alkanes of at least 4 members (excludes halogenated alkanes) is 15. The first-order chi connectivity index (χ1) is 12.6. The lowest BCUT2D eigenvalue weighted by Gasteiger charge is -2.36. The summed E-state index contributed by atoms with van der Waals surface area (Å²) < 4.78 is 0. The van der Waals surface area contributed by atoms with Crippen molar-refractivity contribution in [3.8, 4) is 0 Å². The van der Waals surface area contributed by atoms with Crippen LogP contribution in [-0.4, -0.2) is 48.0 Å². The maximum Gasteiger partial charge on any atom is 0.0668 e. The third kappa shape index (κ3) is 13.1. The molecule has 0 aromatic carbocycles. The summed E-state index contributed by atoms with van der Waals surface area (Å²) in [6.45, 7) is 2.36. The highest BCUT2D eigenvalue weighted by Gasteiger charge is 2.30. The summed E-state index contributed by atoms with van der Waals surface area (Å²) in [4.78, 5) is 1.97. The van der Waals surface area contributed by atoms with E-state index in [1.807, 2.05) is 19.0 Å². The molecule has 3 heteroatoms. The van der Waals surface area contributed by atoms with E-state index >= 15 is 0 Å². The van der Waals surface area contributed by atoms with Crippen LogP contribution >= 0.6 is 0 Å². The van der Waals surface area contributed by atoms with E-state index < -0.39 is 5.54 Å². The van der Waals surface area contributed by atoms with Crippen LogP contribution in [0.5, 0.6) is 0 Å². The molecular formula is C23H49NO2. The standard InChI is InChI=1S/C23H49NO2/c1-4-5-6-7-8-9-10-11-12-13-14-15-16-17-18-19-20-23(21-25,22-26)24(2)3/h25-26H,4-22H2,1-3H3. The Labute approximate surface area is 164 Å². The van der Waals surface area contributed by atoms with Crippen molar-refractivity contribution in [3.05, 3.63) is 0 Å². The zero-order valence-electron chi connectivity index (χ0n) is 18.3. The van der Waals surface area contributed by atoms with E-state index in [1.165, 1.54) is 96.3 Å². The third-order valence-corrected chi connectivity index (χ3v) is 6.03. The smallest absolute Gasteiger partial charge is 0.0668 e. The lowest BCUT2D eigenvalue weighted by atomic mass is 9.92. The van der Waals surface area contributed by atoms with Crippen LogP contribution in [0, 0.1) is 0 Å². The Morgan fingerprint density at radius 3 is 1.12 bits per heavy atom. The van der Waals surface area contributed by atoms with E-state index in [9.17, 15) is 10.2 Å². The summed E-state index contributed by atoms with van der Waals surface area (Å²) in [5.41, 5.74) is -0.435. The second kappa shape index (κ2) is 18.3. The van der Waals surface area contributed by atoms with Gasteiger partial charge in [0.2, 0.25) is 0 Å². The van der Waals surface area contributed by atoms with E-state index in [1.54, 1.807) is 0 Å². The summed E-state index contributed by atoms with van der Waals surface area (Å²) >= 11 is 0. The average Bonchev–Trinajstić information content (AvgIpc) is 2.64. The quantitative estimate of drug-likeness (QED) is 0.261. The first-order valence-corrected chi connectivity index (χ1v) is 11.5. The zero-order valence-corrected chi connectivity index (χ0v) is 18.3. The monoisotopic (exact) mass is 371 g/mol. The molecule has 0 atom stereocenters. The van der Waals surface area contributed by atoms with Gasteiger partial charge in [0, 0.05) is 0 Å². The van der Waals surface area contributed by atoms with Gasteiger partial charge in [-0.3, -0.25) is 4.90 Å². The second-order valence-corrected chi connectivity index (χ2v) is 8.49. The van der Waals surface area contributed by atoms with Gasteiger partial charge < -0.3 is 10.2 Å². The molecule has 0 heterocycles. The topological polar surface area (TPSA) is 43.7 Å². The molecule has 0 aromatic rings. The molecule has 2 N–H and O–H groups in total. The molecule has 158 valence electrons. The van der Waals surface area contributed by atoms with Crippen molar-refractivity contribution < 1.29 is 10.2 Å². The molecule has 0 aliphatic rings. The molecule has 0 aliphatic heterocycles. The van der Waals surface area contributed by atoms with Gasteiger partial charge in [0.1, 0.15) is 0 Å². The predicted octanol–water partition coefficient (Wildman–Crippen LogP) is 5.92. The summed E-state index contributed by atoms with van der Waals surface area (Å²) in [6.07, 6.45) is 22.8. The molecular weight excluding hydrogens is 322 g/mol. The SMILES string of the molecule is CCCCCCCCCCCCCCCCCCC(CO)(CO)N(C)C. The Kier molecular flexibility index (Phi) is 18.2. The lowest BCUT2D eigenvalue weighted by Crippen LogP contribution is -2.50. The predicted molar refractivity (Wildman–Crippen MR) is 115 cm³/mol. The van der Waals surface area contributed by atoms with E-state index in [-0.39, 0.29) is 13.2 Å². The normalized spacial score (nSPS) is 12.2. The van der Waals surface area contributed by atoms with Gasteiger partial charge in [0.05, 0.1) is 18.8 Å². The van der Waals surface area contributed by atoms with Crippen LogP contribution in [0.4, 0.5) is 0 Å². The molecule has 0 bridgehead atoms. The van der Waals surface area contributed by atoms with Gasteiger partial charge in [-0.05, 0) is 20.5 Å². The van der Waals surface area contributed by atoms with Gasteiger partial charge in [0.15, 0.2) is 0 Å². The lowest BCUT2D eigenvalue weighted by molar-refractivity contribution is 0.00862. The van der Waals surface area contributed by atoms with Gasteiger partial charge in [0.25, 0.3) is 0 Å². The van der Waals surface area contributed by atoms with Gasteiger partial charge in [-0.15, -0.1) is 0 Å². The first-order valence-electron chi connectivity index (χ1n) is 11.5. The van der Waals surface area contributed by atoms with E-state index in [4.69, 9.17) is 0 Å². The molecule has 0 saturated carbocycles. The fraction of sp³-hybridized carbons (Fsp3) is 1.00. The highest BCUT2D eigenvalue weighted by Crippen LogP contribution is 2.21. The van der Waals surface area contributed by atoms with Crippen molar-refractivity contribution in [2.75, 3.05) is 27.3 Å². The highest BCUT2D eigenvalue weighted by atomic mass is 16.3. The van der Waals surface area contributed by atoms with E-state index in [2.05, 4.69) is 6.92 Å². The molecule has 0 rings (SSSR count). The van der Waals surface area contributed by atoms with Crippen molar-refractivity contribution in [1.29, 1.82) is 0 Å². The van der Waals surface area contributed by atoms with Crippen LogP contribution < -0.4 is 0 Å². The summed E-state index contributed by atoms with van der Waals surface area (Å²) in [6, 6.07) is 0. The minimum absolute atomic E-state index is 0.0369. The van der Waals surface area contributed by atoms with Crippen molar-refractivity contribution in [3.63, 3.8) is 0 Å². The molecule has 0 spiro atoms. The molecule has 0 amide bonds. The minimum atomic E-state index is -0.435. The van der Waals surface area contributed by atoms with Crippen LogP contribution in [0.3, 0.4) is 0 Å². The van der Waals surface area contributed by atoms with E-state index in [0.717, 1.165) is 12.8 Å². The molecule has 0 radical (unpaired) electrons. The number of aliphatic hydroxyl groups is 2. The minimum Gasteiger partial charge on any atom is -0.394 e. The maximum absolute atomic E-state index is 9.57. The molecule has 0 fully saturated rings. The Hall–Kier alpha value is -0.120. The molecule has 0 unspecified atom stereocenters. The zero-order chi connectivity index (χ0) is 19.5. The molecule has 0 aromatic heterocycles. The molecule has 0 aliphatic carbocycles. The summed E-state index contributed by atoms with van der Waals surface area (Å²) in [7, 11) is 3.89. The Bertz CT molecular complexity index is 277. The van der Waals surface area contributed by atoms with Crippen LogP contribution in [0.1, 0.15) is 116 Å². The summed E-state index contributed by atoms with van der Waals surface area (Å²) in [5.74, 6) is 0. The number of rotatable bonds is 20. The number of likely N-dealkylation sites (N-methyl/N-ethyl adjacent to an activating group) is 1. The fourth-order valence-corrected chi connectivity index (χ4v) is 3.72. The van der Waals surface area contributed by atoms with Gasteiger partial charge in [-0.1, -0.05) is 110 Å². The summed E-state index contributed by atoms with van der Waals surface area (Å²) in [5, 5.41) is 19.1. The van der Waals surface area contributed by atoms with Crippen LogP contribution in [0.25, 0.3) is 0 Å². The maximum atomic E-state index is 9.57. The van der Waals surface area contributed by atoms with E-state index in [0.29, 0.717) is 0 Å².